The second-order valence-electron chi connectivity index (χ2n) is 4.12. The lowest BCUT2D eigenvalue weighted by Crippen LogP contribution is -2.46. The van der Waals surface area contributed by atoms with Crippen LogP contribution in [0.3, 0.4) is 0 Å². The second kappa shape index (κ2) is 3.95. The number of morpholine rings is 1. The van der Waals surface area contributed by atoms with Crippen LogP contribution in [0.1, 0.15) is 19.8 Å². The van der Waals surface area contributed by atoms with Gasteiger partial charge in [-0.2, -0.15) is 0 Å². The van der Waals surface area contributed by atoms with Crippen LogP contribution in [0.25, 0.3) is 0 Å². The highest BCUT2D eigenvalue weighted by molar-refractivity contribution is 4.97. The number of rotatable bonds is 3. The third kappa shape index (κ3) is 1.87. The van der Waals surface area contributed by atoms with Crippen LogP contribution in [0, 0.1) is 5.92 Å². The summed E-state index contributed by atoms with van der Waals surface area (Å²) < 4.78 is 5.45. The van der Waals surface area contributed by atoms with Crippen LogP contribution in [-0.4, -0.2) is 48.5 Å². The molecule has 2 fully saturated rings. The first-order valence-corrected chi connectivity index (χ1v) is 5.31. The van der Waals surface area contributed by atoms with Crippen molar-refractivity contribution in [2.24, 2.45) is 5.92 Å². The van der Waals surface area contributed by atoms with Crippen molar-refractivity contribution in [3.8, 4) is 0 Å². The first-order chi connectivity index (χ1) is 6.36. The van der Waals surface area contributed by atoms with Crippen molar-refractivity contribution >= 4 is 0 Å². The molecule has 0 spiro atoms. The van der Waals surface area contributed by atoms with E-state index in [0.29, 0.717) is 24.6 Å². The molecule has 3 nitrogen and oxygen atoms in total. The summed E-state index contributed by atoms with van der Waals surface area (Å²) >= 11 is 0. The number of aliphatic hydroxyl groups is 1. The van der Waals surface area contributed by atoms with Crippen LogP contribution in [0.15, 0.2) is 0 Å². The highest BCUT2D eigenvalue weighted by Crippen LogP contribution is 2.37. The maximum absolute atomic E-state index is 9.01. The molecule has 0 bridgehead atoms. The molecule has 76 valence electrons. The maximum Gasteiger partial charge on any atom is 0.0622 e. The SMILES string of the molecule is CCC1COCCN1C1CC1CO. The van der Waals surface area contributed by atoms with Gasteiger partial charge in [0.25, 0.3) is 0 Å². The van der Waals surface area contributed by atoms with Crippen LogP contribution in [-0.2, 0) is 4.74 Å². The fourth-order valence-electron chi connectivity index (χ4n) is 2.29. The molecule has 1 N–H and O–H groups in total. The number of ether oxygens (including phenoxy) is 1. The summed E-state index contributed by atoms with van der Waals surface area (Å²) in [7, 11) is 0. The van der Waals surface area contributed by atoms with Gasteiger partial charge in [-0.25, -0.2) is 0 Å². The van der Waals surface area contributed by atoms with Crippen LogP contribution in [0.5, 0.6) is 0 Å². The highest BCUT2D eigenvalue weighted by Gasteiger charge is 2.43. The minimum Gasteiger partial charge on any atom is -0.396 e. The van der Waals surface area contributed by atoms with Gasteiger partial charge in [-0.15, -0.1) is 0 Å². The fourth-order valence-corrected chi connectivity index (χ4v) is 2.29. The lowest BCUT2D eigenvalue weighted by atomic mass is 10.1. The molecule has 1 aliphatic carbocycles. The highest BCUT2D eigenvalue weighted by atomic mass is 16.5. The van der Waals surface area contributed by atoms with Gasteiger partial charge in [-0.3, -0.25) is 4.90 Å². The molecule has 0 aromatic rings. The average Bonchev–Trinajstić information content (AvgIpc) is 2.96. The van der Waals surface area contributed by atoms with Crippen molar-refractivity contribution in [3.63, 3.8) is 0 Å². The lowest BCUT2D eigenvalue weighted by molar-refractivity contribution is -0.0164. The summed E-state index contributed by atoms with van der Waals surface area (Å²) in [5.41, 5.74) is 0. The van der Waals surface area contributed by atoms with Crippen LogP contribution >= 0.6 is 0 Å². The number of hydrogen-bond donors (Lipinski definition) is 1. The van der Waals surface area contributed by atoms with Crippen LogP contribution < -0.4 is 0 Å². The molecule has 0 radical (unpaired) electrons. The molecule has 1 aliphatic heterocycles. The van der Waals surface area contributed by atoms with Crippen molar-refractivity contribution < 1.29 is 9.84 Å². The van der Waals surface area contributed by atoms with Gasteiger partial charge in [0.1, 0.15) is 0 Å². The van der Waals surface area contributed by atoms with Crippen LogP contribution in [0.2, 0.25) is 0 Å². The normalized spacial score (nSPS) is 40.6. The number of nitrogens with zero attached hydrogens (tertiary/aromatic N) is 1. The summed E-state index contributed by atoms with van der Waals surface area (Å²) in [6.45, 7) is 5.37. The molecule has 0 aromatic heterocycles. The standard InChI is InChI=1S/C10H19NO2/c1-2-9-7-13-4-3-11(9)10-5-8(10)6-12/h8-10,12H,2-7H2,1H3. The van der Waals surface area contributed by atoms with Crippen molar-refractivity contribution in [2.45, 2.75) is 31.8 Å². The topological polar surface area (TPSA) is 32.7 Å². The van der Waals surface area contributed by atoms with Gasteiger partial charge in [-0.05, 0) is 18.8 Å². The van der Waals surface area contributed by atoms with Gasteiger partial charge in [0.05, 0.1) is 13.2 Å². The molecule has 0 aromatic carbocycles. The van der Waals surface area contributed by atoms with E-state index in [9.17, 15) is 0 Å². The Morgan fingerprint density at radius 3 is 3.00 bits per heavy atom. The lowest BCUT2D eigenvalue weighted by Gasteiger charge is -2.35. The molecule has 1 saturated carbocycles. The molecular weight excluding hydrogens is 166 g/mol. The van der Waals surface area contributed by atoms with Crippen molar-refractivity contribution in [1.82, 2.24) is 4.90 Å². The van der Waals surface area contributed by atoms with Gasteiger partial charge in [0.2, 0.25) is 0 Å². The predicted octanol–water partition coefficient (Wildman–Crippen LogP) is 0.478. The van der Waals surface area contributed by atoms with E-state index in [-0.39, 0.29) is 0 Å². The van der Waals surface area contributed by atoms with Crippen molar-refractivity contribution in [2.75, 3.05) is 26.4 Å². The molecule has 3 atom stereocenters. The monoisotopic (exact) mass is 185 g/mol. The molecule has 3 heteroatoms. The van der Waals surface area contributed by atoms with E-state index in [4.69, 9.17) is 9.84 Å². The zero-order valence-electron chi connectivity index (χ0n) is 8.28. The quantitative estimate of drug-likeness (QED) is 0.694. The molecule has 0 amide bonds. The van der Waals surface area contributed by atoms with Gasteiger partial charge < -0.3 is 9.84 Å². The Hall–Kier alpha value is -0.120. The number of hydrogen-bond acceptors (Lipinski definition) is 3. The Morgan fingerprint density at radius 1 is 1.54 bits per heavy atom. The predicted molar refractivity (Wildman–Crippen MR) is 50.6 cm³/mol. The minimum absolute atomic E-state index is 0.360. The Balaban J connectivity index is 1.88. The third-order valence-corrected chi connectivity index (χ3v) is 3.29. The summed E-state index contributed by atoms with van der Waals surface area (Å²) in [5, 5.41) is 9.01. The molecule has 13 heavy (non-hydrogen) atoms. The van der Waals surface area contributed by atoms with Gasteiger partial charge >= 0.3 is 0 Å². The minimum atomic E-state index is 0.360. The van der Waals surface area contributed by atoms with Gasteiger partial charge in [-0.1, -0.05) is 6.92 Å². The van der Waals surface area contributed by atoms with Gasteiger partial charge in [0, 0.05) is 25.2 Å². The summed E-state index contributed by atoms with van der Waals surface area (Å²) in [6, 6.07) is 1.24. The Morgan fingerprint density at radius 2 is 2.38 bits per heavy atom. The van der Waals surface area contributed by atoms with Crippen molar-refractivity contribution in [3.05, 3.63) is 0 Å². The summed E-state index contributed by atoms with van der Waals surface area (Å²) in [5.74, 6) is 0.548. The molecule has 3 unspecified atom stereocenters. The van der Waals surface area contributed by atoms with E-state index < -0.39 is 0 Å². The molecule has 1 heterocycles. The largest absolute Gasteiger partial charge is 0.396 e. The van der Waals surface area contributed by atoms with E-state index >= 15 is 0 Å². The van der Waals surface area contributed by atoms with E-state index in [1.807, 2.05) is 0 Å². The van der Waals surface area contributed by atoms with E-state index in [2.05, 4.69) is 11.8 Å². The van der Waals surface area contributed by atoms with E-state index in [0.717, 1.165) is 26.2 Å². The summed E-state index contributed by atoms with van der Waals surface area (Å²) in [6.07, 6.45) is 2.35. The molecule has 2 aliphatic rings. The summed E-state index contributed by atoms with van der Waals surface area (Å²) in [4.78, 5) is 2.53. The van der Waals surface area contributed by atoms with Crippen molar-refractivity contribution in [1.29, 1.82) is 0 Å². The smallest absolute Gasteiger partial charge is 0.0622 e. The molecular formula is C10H19NO2. The Labute approximate surface area is 79.7 Å². The fraction of sp³-hybridized carbons (Fsp3) is 1.00. The molecule has 1 saturated heterocycles. The van der Waals surface area contributed by atoms with Gasteiger partial charge in [0.15, 0.2) is 0 Å². The maximum atomic E-state index is 9.01. The first-order valence-electron chi connectivity index (χ1n) is 5.31. The first kappa shape index (κ1) is 9.44. The Bertz CT molecular complexity index is 174. The second-order valence-corrected chi connectivity index (χ2v) is 4.12. The third-order valence-electron chi connectivity index (χ3n) is 3.29. The zero-order chi connectivity index (χ0) is 9.26. The zero-order valence-corrected chi connectivity index (χ0v) is 8.28. The van der Waals surface area contributed by atoms with Crippen LogP contribution in [0.4, 0.5) is 0 Å². The molecule has 2 rings (SSSR count). The van der Waals surface area contributed by atoms with E-state index in [1.165, 1.54) is 6.42 Å². The Kier molecular flexibility index (Phi) is 2.86. The number of aliphatic hydroxyl groups excluding tert-OH is 1. The van der Waals surface area contributed by atoms with E-state index in [1.54, 1.807) is 0 Å². The average molecular weight is 185 g/mol.